The minimum atomic E-state index is -4.96. The average Bonchev–Trinajstić information content (AvgIpc) is 4.24. The molecule has 0 N–H and O–H groups in total. The van der Waals surface area contributed by atoms with Crippen LogP contribution in [0.4, 0.5) is 26.3 Å². The maximum absolute atomic E-state index is 14.0. The zero-order valence-electron chi connectivity index (χ0n) is 45.7. The van der Waals surface area contributed by atoms with E-state index in [4.69, 9.17) is 0 Å². The second-order valence-corrected chi connectivity index (χ2v) is 24.7. The topological polar surface area (TPSA) is 0 Å². The highest BCUT2D eigenvalue weighted by Gasteiger charge is 2.42. The molecule has 0 aromatic heterocycles. The first-order valence-electron chi connectivity index (χ1n) is 27.4. The van der Waals surface area contributed by atoms with Gasteiger partial charge in [-0.05, 0) is 205 Å². The molecule has 0 saturated heterocycles. The van der Waals surface area contributed by atoms with Crippen molar-refractivity contribution in [3.05, 3.63) is 250 Å². The van der Waals surface area contributed by atoms with Crippen LogP contribution in [0, 0.1) is 0 Å². The summed E-state index contributed by atoms with van der Waals surface area (Å²) < 4.78 is 84.0. The fourth-order valence-corrected chi connectivity index (χ4v) is 14.3. The first-order valence-corrected chi connectivity index (χ1v) is 27.4. The van der Waals surface area contributed by atoms with E-state index in [9.17, 15) is 26.3 Å². The number of rotatable bonds is 5. The van der Waals surface area contributed by atoms with Crippen molar-refractivity contribution >= 4 is 0 Å². The van der Waals surface area contributed by atoms with E-state index < -0.39 is 28.9 Å². The second-order valence-electron chi connectivity index (χ2n) is 24.7. The van der Waals surface area contributed by atoms with Crippen molar-refractivity contribution in [2.75, 3.05) is 0 Å². The predicted molar refractivity (Wildman–Crippen MR) is 314 cm³/mol. The smallest absolute Gasteiger partial charge is 0.166 e. The zero-order chi connectivity index (χ0) is 55.8. The number of hydrogen-bond donors (Lipinski definition) is 0. The third kappa shape index (κ3) is 7.29. The SMILES string of the molecule is CC1(C)c2ccccc2-c2ccc(-c3ccc4c(c3)C(C)(C)c3cc(-c5ccc6c(c5)C(C)(C)c5cc(-c7ccc8c(c7)C(C)(C)c7cc(-c9ccccc9-c9cc(C(F)(F)F)cc(C(F)(F)F)c9)ccc7-8)ccc5-6)ccc3-4)cc21. The van der Waals surface area contributed by atoms with Crippen LogP contribution in [0.3, 0.4) is 0 Å². The van der Waals surface area contributed by atoms with Crippen LogP contribution in [0.15, 0.2) is 194 Å². The maximum atomic E-state index is 14.0. The lowest BCUT2D eigenvalue weighted by Gasteiger charge is -2.24. The molecule has 10 aromatic carbocycles. The summed E-state index contributed by atoms with van der Waals surface area (Å²) in [5.74, 6) is 0. The summed E-state index contributed by atoms with van der Waals surface area (Å²) >= 11 is 0. The van der Waals surface area contributed by atoms with Crippen LogP contribution in [0.25, 0.3) is 100 Å². The molecule has 0 saturated carbocycles. The molecule has 0 atom stereocenters. The predicted octanol–water partition coefficient (Wildman–Crippen LogP) is 21.3. The largest absolute Gasteiger partial charge is 0.416 e. The number of hydrogen-bond acceptors (Lipinski definition) is 0. The Balaban J connectivity index is 0.743. The van der Waals surface area contributed by atoms with Gasteiger partial charge in [-0.15, -0.1) is 0 Å². The van der Waals surface area contributed by atoms with Gasteiger partial charge in [0.25, 0.3) is 0 Å². The number of halogens is 6. The van der Waals surface area contributed by atoms with Crippen molar-refractivity contribution in [2.45, 2.75) is 89.4 Å². The highest BCUT2D eigenvalue weighted by atomic mass is 19.4. The Hall–Kier alpha value is -8.22. The van der Waals surface area contributed by atoms with E-state index >= 15 is 0 Å². The molecule has 0 fully saturated rings. The first-order chi connectivity index (χ1) is 37.9. The molecule has 14 rings (SSSR count). The second kappa shape index (κ2) is 16.7. The van der Waals surface area contributed by atoms with Crippen molar-refractivity contribution in [1.29, 1.82) is 0 Å². The summed E-state index contributed by atoms with van der Waals surface area (Å²) in [5.41, 5.74) is 24.9. The lowest BCUT2D eigenvalue weighted by Crippen LogP contribution is -2.16. The van der Waals surface area contributed by atoms with Crippen molar-refractivity contribution in [3.8, 4) is 100 Å². The Labute approximate surface area is 463 Å². The van der Waals surface area contributed by atoms with Crippen molar-refractivity contribution in [2.24, 2.45) is 0 Å². The van der Waals surface area contributed by atoms with Crippen LogP contribution in [0.2, 0.25) is 0 Å². The van der Waals surface area contributed by atoms with Crippen LogP contribution in [0.1, 0.15) is 111 Å². The normalized spacial score (nSPS) is 16.0. The van der Waals surface area contributed by atoms with Gasteiger partial charge in [0.2, 0.25) is 0 Å². The average molecular weight is 1060 g/mol. The minimum Gasteiger partial charge on any atom is -0.166 e. The van der Waals surface area contributed by atoms with E-state index in [1.165, 1.54) is 89.0 Å². The zero-order valence-corrected chi connectivity index (χ0v) is 45.7. The summed E-state index contributed by atoms with van der Waals surface area (Å²) in [6.45, 7) is 18.4. The standard InChI is InChI=1S/C74H56F6/c1-69(2)61-16-12-11-15-53(61)54-24-17-41(33-62(54)69)42-18-25-55-56-26-19-43(35-64(56)70(3,4)63(55)34-42)44-20-27-57-58-28-21-45(37-66(58)71(5,6)65(57)36-44)46-22-29-59-60-30-23-47(39-68(60)72(7,8)67(59)38-46)51-13-9-10-14-52(51)48-31-49(73(75,76)77)40-50(32-48)74(78,79)80/h9-40H,1-8H3. The molecule has 0 amide bonds. The van der Waals surface area contributed by atoms with Crippen LogP contribution in [0.5, 0.6) is 0 Å². The molecular formula is C74H56F6. The van der Waals surface area contributed by atoms with Gasteiger partial charge in [0, 0.05) is 21.7 Å². The van der Waals surface area contributed by atoms with E-state index in [2.05, 4.69) is 189 Å². The van der Waals surface area contributed by atoms with E-state index in [1.54, 1.807) is 24.3 Å². The van der Waals surface area contributed by atoms with Gasteiger partial charge in [0.1, 0.15) is 0 Å². The van der Waals surface area contributed by atoms with Crippen LogP contribution in [-0.2, 0) is 34.0 Å². The van der Waals surface area contributed by atoms with Gasteiger partial charge in [-0.1, -0.05) is 189 Å². The van der Waals surface area contributed by atoms with Gasteiger partial charge in [-0.3, -0.25) is 0 Å². The molecule has 6 heteroatoms. The van der Waals surface area contributed by atoms with E-state index in [0.29, 0.717) is 11.1 Å². The Morgan fingerprint density at radius 2 is 0.438 bits per heavy atom. The monoisotopic (exact) mass is 1060 g/mol. The molecule has 0 nitrogen and oxygen atoms in total. The van der Waals surface area contributed by atoms with Gasteiger partial charge >= 0.3 is 12.4 Å². The Morgan fingerprint density at radius 3 is 0.738 bits per heavy atom. The summed E-state index contributed by atoms with van der Waals surface area (Å²) in [6.07, 6.45) is -9.92. The lowest BCUT2D eigenvalue weighted by atomic mass is 9.79. The lowest BCUT2D eigenvalue weighted by molar-refractivity contribution is -0.143. The first kappa shape index (κ1) is 50.0. The quantitative estimate of drug-likeness (QED) is 0.151. The molecule has 0 radical (unpaired) electrons. The highest BCUT2D eigenvalue weighted by Crippen LogP contribution is 2.56. The Morgan fingerprint density at radius 1 is 0.212 bits per heavy atom. The van der Waals surface area contributed by atoms with Gasteiger partial charge < -0.3 is 0 Å². The summed E-state index contributed by atoms with van der Waals surface area (Å²) in [6, 6.07) is 64.8. The van der Waals surface area contributed by atoms with Crippen LogP contribution < -0.4 is 0 Å². The van der Waals surface area contributed by atoms with Crippen LogP contribution in [-0.4, -0.2) is 0 Å². The number of fused-ring (bicyclic) bond motifs is 12. The summed E-state index contributed by atoms with van der Waals surface area (Å²) in [7, 11) is 0. The third-order valence-corrected chi connectivity index (χ3v) is 18.7. The minimum absolute atomic E-state index is 0.0647. The van der Waals surface area contributed by atoms with Gasteiger partial charge in [-0.2, -0.15) is 26.3 Å². The van der Waals surface area contributed by atoms with Crippen LogP contribution >= 0.6 is 0 Å². The fraction of sp³-hybridized carbons (Fsp3) is 0.189. The maximum Gasteiger partial charge on any atom is 0.416 e. The molecule has 0 spiro atoms. The number of alkyl halides is 6. The van der Waals surface area contributed by atoms with E-state index in [1.807, 2.05) is 18.2 Å². The summed E-state index contributed by atoms with van der Waals surface area (Å²) in [4.78, 5) is 0. The molecule has 10 aromatic rings. The molecular weight excluding hydrogens is 1000 g/mol. The summed E-state index contributed by atoms with van der Waals surface area (Å²) in [5, 5.41) is 0. The molecule has 0 heterocycles. The fourth-order valence-electron chi connectivity index (χ4n) is 14.3. The Kier molecular flexibility index (Phi) is 10.4. The Bertz CT molecular complexity index is 4290. The molecule has 394 valence electrons. The molecule has 0 unspecified atom stereocenters. The molecule has 4 aliphatic carbocycles. The van der Waals surface area contributed by atoms with Crippen molar-refractivity contribution in [3.63, 3.8) is 0 Å². The van der Waals surface area contributed by atoms with Gasteiger partial charge in [0.15, 0.2) is 0 Å². The molecule has 0 bridgehead atoms. The van der Waals surface area contributed by atoms with Gasteiger partial charge in [-0.25, -0.2) is 0 Å². The van der Waals surface area contributed by atoms with Crippen molar-refractivity contribution in [1.82, 2.24) is 0 Å². The van der Waals surface area contributed by atoms with E-state index in [-0.39, 0.29) is 33.4 Å². The third-order valence-electron chi connectivity index (χ3n) is 18.7. The number of benzene rings is 10. The van der Waals surface area contributed by atoms with E-state index in [0.717, 1.165) is 45.5 Å². The van der Waals surface area contributed by atoms with Gasteiger partial charge in [0.05, 0.1) is 11.1 Å². The molecule has 80 heavy (non-hydrogen) atoms. The molecule has 4 aliphatic rings. The highest BCUT2D eigenvalue weighted by molar-refractivity contribution is 5.92. The molecule has 0 aliphatic heterocycles. The van der Waals surface area contributed by atoms with Crippen molar-refractivity contribution < 1.29 is 26.3 Å².